The van der Waals surface area contributed by atoms with Crippen LogP contribution in [0, 0.1) is 32.6 Å². The quantitative estimate of drug-likeness (QED) is 0.661. The molecule has 2 aromatic rings. The van der Waals surface area contributed by atoms with E-state index in [-0.39, 0.29) is 11.8 Å². The molecule has 1 atom stereocenters. The van der Waals surface area contributed by atoms with Crippen molar-refractivity contribution >= 4 is 23.4 Å². The van der Waals surface area contributed by atoms with Crippen LogP contribution in [0.3, 0.4) is 0 Å². The third-order valence-corrected chi connectivity index (χ3v) is 7.74. The number of hydrogen-bond donors (Lipinski definition) is 0. The summed E-state index contributed by atoms with van der Waals surface area (Å²) in [6.07, 6.45) is 4.16. The van der Waals surface area contributed by atoms with Gasteiger partial charge in [0.05, 0.1) is 17.8 Å². The van der Waals surface area contributed by atoms with Crippen LogP contribution in [-0.2, 0) is 16.0 Å². The Morgan fingerprint density at radius 1 is 1.06 bits per heavy atom. The minimum absolute atomic E-state index is 0.0526. The van der Waals surface area contributed by atoms with Crippen LogP contribution < -0.4 is 0 Å². The summed E-state index contributed by atoms with van der Waals surface area (Å²) < 4.78 is 1.87. The summed E-state index contributed by atoms with van der Waals surface area (Å²) in [6.45, 7) is 11.2. The maximum atomic E-state index is 13.1. The number of hydrogen-bond acceptors (Lipinski definition) is 3. The highest BCUT2D eigenvalue weighted by Gasteiger charge is 2.32. The third kappa shape index (κ3) is 5.11. The van der Waals surface area contributed by atoms with Gasteiger partial charge in [-0.05, 0) is 70.1 Å². The first-order valence-electron chi connectivity index (χ1n) is 12.1. The molecule has 2 aliphatic rings. The van der Waals surface area contributed by atoms with Crippen molar-refractivity contribution in [2.45, 2.75) is 59.8 Å². The van der Waals surface area contributed by atoms with Gasteiger partial charge in [-0.15, -0.1) is 0 Å². The topological polar surface area (TPSA) is 58.4 Å². The number of likely N-dealkylation sites (tertiary alicyclic amines) is 2. The van der Waals surface area contributed by atoms with Crippen molar-refractivity contribution in [3.63, 3.8) is 0 Å². The number of aryl methyl sites for hydroxylation is 2. The predicted octanol–water partition coefficient (Wildman–Crippen LogP) is 4.49. The van der Waals surface area contributed by atoms with Crippen molar-refractivity contribution in [3.05, 3.63) is 45.7 Å². The third-order valence-electron chi connectivity index (χ3n) is 7.33. The largest absolute Gasteiger partial charge is 0.342 e. The second-order valence-corrected chi connectivity index (χ2v) is 10.3. The summed E-state index contributed by atoms with van der Waals surface area (Å²) in [7, 11) is 0. The molecule has 0 spiro atoms. The predicted molar refractivity (Wildman–Crippen MR) is 131 cm³/mol. The average molecular weight is 471 g/mol. The number of benzene rings is 1. The Kier molecular flexibility index (Phi) is 7.13. The van der Waals surface area contributed by atoms with Crippen LogP contribution in [0.4, 0.5) is 0 Å². The van der Waals surface area contributed by atoms with E-state index in [1.807, 2.05) is 48.6 Å². The summed E-state index contributed by atoms with van der Waals surface area (Å²) in [5, 5.41) is 5.38. The van der Waals surface area contributed by atoms with E-state index in [0.29, 0.717) is 36.4 Å². The van der Waals surface area contributed by atoms with Gasteiger partial charge in [0.15, 0.2) is 0 Å². The molecule has 2 amide bonds. The summed E-state index contributed by atoms with van der Waals surface area (Å²) >= 11 is 6.31. The number of piperidine rings is 2. The Balaban J connectivity index is 1.38. The maximum absolute atomic E-state index is 13.1. The fourth-order valence-corrected chi connectivity index (χ4v) is 5.36. The molecule has 0 aliphatic carbocycles. The monoisotopic (exact) mass is 470 g/mol. The standard InChI is InChI=1S/C26H35ClN4O2/c1-17-6-5-11-30(16-17)26(33)21-9-12-29(13-10-21)25(32)15-23-19(3)28-31(20(23)4)22-8-7-18(2)24(27)14-22/h7-8,14,17,21H,5-6,9-13,15-16H2,1-4H3. The van der Waals surface area contributed by atoms with Crippen molar-refractivity contribution in [2.24, 2.45) is 11.8 Å². The van der Waals surface area contributed by atoms with Gasteiger partial charge in [-0.3, -0.25) is 9.59 Å². The lowest BCUT2D eigenvalue weighted by Crippen LogP contribution is -2.47. The molecular formula is C26H35ClN4O2. The summed E-state index contributed by atoms with van der Waals surface area (Å²) in [4.78, 5) is 30.0. The fraction of sp³-hybridized carbons (Fsp3) is 0.577. The molecule has 4 rings (SSSR count). The van der Waals surface area contributed by atoms with Crippen LogP contribution in [0.2, 0.25) is 5.02 Å². The van der Waals surface area contributed by atoms with E-state index >= 15 is 0 Å². The Morgan fingerprint density at radius 2 is 1.79 bits per heavy atom. The van der Waals surface area contributed by atoms with Gasteiger partial charge in [0.1, 0.15) is 0 Å². The highest BCUT2D eigenvalue weighted by molar-refractivity contribution is 6.31. The molecule has 2 aliphatic heterocycles. The van der Waals surface area contributed by atoms with Crippen molar-refractivity contribution < 1.29 is 9.59 Å². The normalized spacial score (nSPS) is 19.7. The zero-order valence-electron chi connectivity index (χ0n) is 20.2. The van der Waals surface area contributed by atoms with E-state index in [1.54, 1.807) is 0 Å². The molecule has 6 nitrogen and oxygen atoms in total. The van der Waals surface area contributed by atoms with Crippen LogP contribution in [-0.4, -0.2) is 57.6 Å². The lowest BCUT2D eigenvalue weighted by Gasteiger charge is -2.37. The molecule has 178 valence electrons. The molecule has 2 saturated heterocycles. The number of halogens is 1. The van der Waals surface area contributed by atoms with Crippen molar-refractivity contribution in [1.82, 2.24) is 19.6 Å². The van der Waals surface area contributed by atoms with Crippen LogP contribution >= 0.6 is 11.6 Å². The molecule has 0 bridgehead atoms. The van der Waals surface area contributed by atoms with Crippen LogP contribution in [0.15, 0.2) is 18.2 Å². The van der Waals surface area contributed by atoms with Gasteiger partial charge in [-0.2, -0.15) is 5.10 Å². The molecule has 2 fully saturated rings. The molecule has 1 unspecified atom stereocenters. The highest BCUT2D eigenvalue weighted by Crippen LogP contribution is 2.26. The average Bonchev–Trinajstić information content (AvgIpc) is 3.08. The lowest BCUT2D eigenvalue weighted by atomic mass is 9.92. The van der Waals surface area contributed by atoms with Crippen molar-refractivity contribution in [3.8, 4) is 5.69 Å². The Bertz CT molecular complexity index is 1040. The van der Waals surface area contributed by atoms with Crippen molar-refractivity contribution in [2.75, 3.05) is 26.2 Å². The van der Waals surface area contributed by atoms with Gasteiger partial charge in [0.2, 0.25) is 11.8 Å². The van der Waals surface area contributed by atoms with Gasteiger partial charge < -0.3 is 9.80 Å². The highest BCUT2D eigenvalue weighted by atomic mass is 35.5. The lowest BCUT2D eigenvalue weighted by molar-refractivity contribution is -0.141. The van der Waals surface area contributed by atoms with Crippen molar-refractivity contribution in [1.29, 1.82) is 0 Å². The molecule has 3 heterocycles. The van der Waals surface area contributed by atoms with E-state index in [2.05, 4.69) is 16.9 Å². The van der Waals surface area contributed by atoms with Gasteiger partial charge in [0.25, 0.3) is 0 Å². The molecule has 7 heteroatoms. The zero-order chi connectivity index (χ0) is 23.7. The number of aromatic nitrogens is 2. The molecule has 1 aromatic carbocycles. The van der Waals surface area contributed by atoms with Gasteiger partial charge in [-0.25, -0.2) is 4.68 Å². The van der Waals surface area contributed by atoms with E-state index in [0.717, 1.165) is 60.6 Å². The van der Waals surface area contributed by atoms with Crippen LogP contribution in [0.1, 0.15) is 55.1 Å². The number of carbonyl (C=O) groups excluding carboxylic acids is 2. The first kappa shape index (κ1) is 23.8. The fourth-order valence-electron chi connectivity index (χ4n) is 5.18. The minimum atomic E-state index is 0.0526. The molecule has 0 radical (unpaired) electrons. The Hall–Kier alpha value is -2.34. The molecule has 33 heavy (non-hydrogen) atoms. The Morgan fingerprint density at radius 3 is 2.45 bits per heavy atom. The van der Waals surface area contributed by atoms with E-state index in [9.17, 15) is 9.59 Å². The van der Waals surface area contributed by atoms with Gasteiger partial charge in [0, 0.05) is 48.4 Å². The smallest absolute Gasteiger partial charge is 0.227 e. The van der Waals surface area contributed by atoms with Crippen LogP contribution in [0.25, 0.3) is 5.69 Å². The summed E-state index contributed by atoms with van der Waals surface area (Å²) in [6, 6.07) is 5.89. The van der Waals surface area contributed by atoms with E-state index in [4.69, 9.17) is 11.6 Å². The van der Waals surface area contributed by atoms with Gasteiger partial charge in [-0.1, -0.05) is 24.6 Å². The number of rotatable bonds is 4. The second kappa shape index (κ2) is 9.88. The number of amides is 2. The maximum Gasteiger partial charge on any atom is 0.227 e. The molecular weight excluding hydrogens is 436 g/mol. The number of nitrogens with zero attached hydrogens (tertiary/aromatic N) is 4. The SMILES string of the molecule is Cc1ccc(-n2nc(C)c(CC(=O)N3CCC(C(=O)N4CCCC(C)C4)CC3)c2C)cc1Cl. The first-order valence-corrected chi connectivity index (χ1v) is 12.5. The summed E-state index contributed by atoms with van der Waals surface area (Å²) in [5.41, 5.74) is 4.72. The molecule has 0 saturated carbocycles. The second-order valence-electron chi connectivity index (χ2n) is 9.86. The molecule has 0 N–H and O–H groups in total. The first-order chi connectivity index (χ1) is 15.7. The number of carbonyl (C=O) groups is 2. The minimum Gasteiger partial charge on any atom is -0.342 e. The summed E-state index contributed by atoms with van der Waals surface area (Å²) in [5.74, 6) is 1.04. The Labute approximate surface area is 201 Å². The zero-order valence-corrected chi connectivity index (χ0v) is 21.0. The van der Waals surface area contributed by atoms with E-state index in [1.165, 1.54) is 6.42 Å². The van der Waals surface area contributed by atoms with Gasteiger partial charge >= 0.3 is 0 Å². The molecule has 1 aromatic heterocycles. The van der Waals surface area contributed by atoms with E-state index < -0.39 is 0 Å². The van der Waals surface area contributed by atoms with Crippen LogP contribution in [0.5, 0.6) is 0 Å².